The van der Waals surface area contributed by atoms with Crippen molar-refractivity contribution >= 4 is 33.3 Å². The standard InChI is InChI=1S/C15H22N4S/c1-10-9-12-13(17-15(16-2)18-14(12)20-10)19(3)11-7-5-4-6-8-11/h9,11H,4-8H2,1-3H3,(H,16,17,18). The van der Waals surface area contributed by atoms with Gasteiger partial charge in [-0.3, -0.25) is 0 Å². The molecule has 0 bridgehead atoms. The topological polar surface area (TPSA) is 41.1 Å². The molecule has 3 rings (SSSR count). The molecule has 0 amide bonds. The molecule has 0 aromatic carbocycles. The molecule has 0 spiro atoms. The lowest BCUT2D eigenvalue weighted by Gasteiger charge is -2.32. The molecule has 0 atom stereocenters. The van der Waals surface area contributed by atoms with E-state index in [0.29, 0.717) is 6.04 Å². The highest BCUT2D eigenvalue weighted by molar-refractivity contribution is 7.18. The lowest BCUT2D eigenvalue weighted by Crippen LogP contribution is -2.34. The quantitative estimate of drug-likeness (QED) is 0.933. The van der Waals surface area contributed by atoms with Crippen LogP contribution in [0.4, 0.5) is 11.8 Å². The Morgan fingerprint density at radius 3 is 2.70 bits per heavy atom. The van der Waals surface area contributed by atoms with Gasteiger partial charge in [-0.05, 0) is 25.8 Å². The molecule has 1 aliphatic rings. The molecule has 2 aromatic heterocycles. The van der Waals surface area contributed by atoms with Crippen LogP contribution in [0.1, 0.15) is 37.0 Å². The molecule has 20 heavy (non-hydrogen) atoms. The van der Waals surface area contributed by atoms with Gasteiger partial charge in [-0.2, -0.15) is 4.98 Å². The molecule has 4 nitrogen and oxygen atoms in total. The van der Waals surface area contributed by atoms with Gasteiger partial charge in [0.25, 0.3) is 0 Å². The van der Waals surface area contributed by atoms with Crippen molar-refractivity contribution in [3.05, 3.63) is 10.9 Å². The van der Waals surface area contributed by atoms with Crippen molar-refractivity contribution in [2.75, 3.05) is 24.3 Å². The fourth-order valence-corrected chi connectivity index (χ4v) is 3.92. The van der Waals surface area contributed by atoms with Crippen molar-refractivity contribution in [1.82, 2.24) is 9.97 Å². The van der Waals surface area contributed by atoms with Crippen LogP contribution in [0.25, 0.3) is 10.2 Å². The second-order valence-electron chi connectivity index (χ2n) is 5.60. The van der Waals surface area contributed by atoms with Gasteiger partial charge in [-0.25, -0.2) is 4.98 Å². The van der Waals surface area contributed by atoms with Gasteiger partial charge in [-0.15, -0.1) is 11.3 Å². The van der Waals surface area contributed by atoms with E-state index in [2.05, 4.69) is 35.2 Å². The summed E-state index contributed by atoms with van der Waals surface area (Å²) < 4.78 is 0. The number of nitrogens with zero attached hydrogens (tertiary/aromatic N) is 3. The van der Waals surface area contributed by atoms with Crippen LogP contribution >= 0.6 is 11.3 Å². The predicted molar refractivity (Wildman–Crippen MR) is 87.0 cm³/mol. The van der Waals surface area contributed by atoms with Crippen LogP contribution < -0.4 is 10.2 Å². The average molecular weight is 290 g/mol. The smallest absolute Gasteiger partial charge is 0.225 e. The Bertz CT molecular complexity index is 601. The lowest BCUT2D eigenvalue weighted by atomic mass is 9.94. The van der Waals surface area contributed by atoms with E-state index in [9.17, 15) is 0 Å². The van der Waals surface area contributed by atoms with E-state index < -0.39 is 0 Å². The molecule has 0 saturated heterocycles. The van der Waals surface area contributed by atoms with Crippen molar-refractivity contribution in [2.45, 2.75) is 45.1 Å². The molecule has 2 heterocycles. The van der Waals surface area contributed by atoms with E-state index in [1.165, 1.54) is 42.4 Å². The van der Waals surface area contributed by atoms with Crippen LogP contribution in [-0.4, -0.2) is 30.1 Å². The normalized spacial score (nSPS) is 16.6. The van der Waals surface area contributed by atoms with Gasteiger partial charge in [0.05, 0.1) is 5.39 Å². The minimum atomic E-state index is 0.617. The van der Waals surface area contributed by atoms with Gasteiger partial charge in [0.15, 0.2) is 0 Å². The number of rotatable bonds is 3. The highest BCUT2D eigenvalue weighted by Crippen LogP contribution is 2.34. The van der Waals surface area contributed by atoms with E-state index in [1.807, 2.05) is 7.05 Å². The van der Waals surface area contributed by atoms with Crippen LogP contribution in [0.3, 0.4) is 0 Å². The maximum atomic E-state index is 4.72. The number of thiophene rings is 1. The summed E-state index contributed by atoms with van der Waals surface area (Å²) in [6.07, 6.45) is 6.61. The van der Waals surface area contributed by atoms with E-state index in [1.54, 1.807) is 11.3 Å². The van der Waals surface area contributed by atoms with Gasteiger partial charge in [0.2, 0.25) is 5.95 Å². The molecule has 0 radical (unpaired) electrons. The second kappa shape index (κ2) is 5.56. The monoisotopic (exact) mass is 290 g/mol. The summed E-state index contributed by atoms with van der Waals surface area (Å²) in [5, 5.41) is 4.28. The largest absolute Gasteiger partial charge is 0.357 e. The number of fused-ring (bicyclic) bond motifs is 1. The van der Waals surface area contributed by atoms with E-state index >= 15 is 0 Å². The number of hydrogen-bond donors (Lipinski definition) is 1. The third-order valence-electron chi connectivity index (χ3n) is 4.18. The summed E-state index contributed by atoms with van der Waals surface area (Å²) in [5.74, 6) is 1.80. The fourth-order valence-electron chi connectivity index (χ4n) is 3.05. The zero-order chi connectivity index (χ0) is 14.1. The Morgan fingerprint density at radius 2 is 2.00 bits per heavy atom. The SMILES string of the molecule is CNc1nc(N(C)C2CCCCC2)c2cc(C)sc2n1. The average Bonchev–Trinajstić information content (AvgIpc) is 2.86. The van der Waals surface area contributed by atoms with Crippen molar-refractivity contribution in [2.24, 2.45) is 0 Å². The third kappa shape index (κ3) is 2.46. The Morgan fingerprint density at radius 1 is 1.25 bits per heavy atom. The maximum absolute atomic E-state index is 4.72. The van der Waals surface area contributed by atoms with Gasteiger partial charge in [-0.1, -0.05) is 19.3 Å². The summed E-state index contributed by atoms with van der Waals surface area (Å²) in [4.78, 5) is 14.0. The molecule has 108 valence electrons. The highest BCUT2D eigenvalue weighted by atomic mass is 32.1. The Hall–Kier alpha value is -1.36. The first-order valence-electron chi connectivity index (χ1n) is 7.38. The molecule has 1 aliphatic carbocycles. The van der Waals surface area contributed by atoms with Gasteiger partial charge >= 0.3 is 0 Å². The molecular weight excluding hydrogens is 268 g/mol. The number of aryl methyl sites for hydroxylation is 1. The third-order valence-corrected chi connectivity index (χ3v) is 5.12. The predicted octanol–water partition coefficient (Wildman–Crippen LogP) is 3.81. The van der Waals surface area contributed by atoms with Gasteiger partial charge in [0.1, 0.15) is 10.6 Å². The molecule has 1 saturated carbocycles. The molecule has 1 N–H and O–H groups in total. The lowest BCUT2D eigenvalue weighted by molar-refractivity contribution is 0.426. The number of hydrogen-bond acceptors (Lipinski definition) is 5. The fraction of sp³-hybridized carbons (Fsp3) is 0.600. The number of nitrogens with one attached hydrogen (secondary N) is 1. The highest BCUT2D eigenvalue weighted by Gasteiger charge is 2.22. The van der Waals surface area contributed by atoms with Gasteiger partial charge < -0.3 is 10.2 Å². The number of anilines is 2. The molecule has 0 aliphatic heterocycles. The van der Waals surface area contributed by atoms with Crippen LogP contribution in [0, 0.1) is 6.92 Å². The van der Waals surface area contributed by atoms with Crippen LogP contribution in [0.5, 0.6) is 0 Å². The zero-order valence-corrected chi connectivity index (χ0v) is 13.3. The second-order valence-corrected chi connectivity index (χ2v) is 6.83. The summed E-state index contributed by atoms with van der Waals surface area (Å²) in [6, 6.07) is 2.83. The summed E-state index contributed by atoms with van der Waals surface area (Å²) >= 11 is 1.74. The Kier molecular flexibility index (Phi) is 3.78. The number of aromatic nitrogens is 2. The van der Waals surface area contributed by atoms with Gasteiger partial charge in [0, 0.05) is 25.0 Å². The molecule has 0 unspecified atom stereocenters. The summed E-state index contributed by atoms with van der Waals surface area (Å²) in [6.45, 7) is 2.13. The maximum Gasteiger partial charge on any atom is 0.225 e. The van der Waals surface area contributed by atoms with E-state index in [0.717, 1.165) is 16.6 Å². The first-order valence-corrected chi connectivity index (χ1v) is 8.19. The van der Waals surface area contributed by atoms with Crippen LogP contribution in [0.15, 0.2) is 6.07 Å². The van der Waals surface area contributed by atoms with Crippen molar-refractivity contribution in [3.63, 3.8) is 0 Å². The van der Waals surface area contributed by atoms with Crippen molar-refractivity contribution in [3.8, 4) is 0 Å². The molecule has 1 fully saturated rings. The summed E-state index contributed by atoms with van der Waals surface area (Å²) in [5.41, 5.74) is 0. The van der Waals surface area contributed by atoms with Crippen molar-refractivity contribution < 1.29 is 0 Å². The first-order chi connectivity index (χ1) is 9.69. The van der Waals surface area contributed by atoms with Crippen LogP contribution in [0.2, 0.25) is 0 Å². The first kappa shape index (κ1) is 13.6. The summed E-state index contributed by atoms with van der Waals surface area (Å²) in [7, 11) is 4.07. The zero-order valence-electron chi connectivity index (χ0n) is 12.4. The molecule has 2 aromatic rings. The van der Waals surface area contributed by atoms with Crippen LogP contribution in [-0.2, 0) is 0 Å². The molecular formula is C15H22N4S. The van der Waals surface area contributed by atoms with Crippen molar-refractivity contribution in [1.29, 1.82) is 0 Å². The van der Waals surface area contributed by atoms with E-state index in [-0.39, 0.29) is 0 Å². The molecule has 5 heteroatoms. The Balaban J connectivity index is 2.03. The minimum Gasteiger partial charge on any atom is -0.357 e. The van der Waals surface area contributed by atoms with E-state index in [4.69, 9.17) is 4.98 Å². The Labute approximate surface area is 124 Å². The minimum absolute atomic E-state index is 0.617.